The van der Waals surface area contributed by atoms with Crippen LogP contribution in [0.4, 0.5) is 0 Å². The fourth-order valence-corrected chi connectivity index (χ4v) is 2.75. The van der Waals surface area contributed by atoms with Crippen molar-refractivity contribution in [3.8, 4) is 11.3 Å². The van der Waals surface area contributed by atoms with Crippen LogP contribution in [0.25, 0.3) is 16.9 Å². The number of carbonyl (C=O) groups is 2. The number of amides is 1. The summed E-state index contributed by atoms with van der Waals surface area (Å²) >= 11 is 0. The lowest BCUT2D eigenvalue weighted by molar-refractivity contribution is -0.119. The highest BCUT2D eigenvalue weighted by atomic mass is 16.1. The Morgan fingerprint density at radius 3 is 2.54 bits per heavy atom. The van der Waals surface area contributed by atoms with E-state index in [0.717, 1.165) is 24.1 Å². The quantitative estimate of drug-likeness (QED) is 0.778. The standard InChI is InChI=1S/C18H16N4O2/c19-18(24)13-8-4-11(5-9-13)14-2-1-3-17-20-16(21-22(14)17)10-15(23)12-6-7-12/h1-5,8-9,12H,6-7,10H2,(H2,19,24). The number of hydrogen-bond acceptors (Lipinski definition) is 4. The minimum absolute atomic E-state index is 0.206. The molecule has 0 radical (unpaired) electrons. The summed E-state index contributed by atoms with van der Waals surface area (Å²) in [7, 11) is 0. The molecule has 0 bridgehead atoms. The maximum absolute atomic E-state index is 12.0. The first-order valence-electron chi connectivity index (χ1n) is 7.89. The monoisotopic (exact) mass is 320 g/mol. The number of benzene rings is 1. The highest BCUT2D eigenvalue weighted by Crippen LogP contribution is 2.30. The predicted octanol–water partition coefficient (Wildman–Crippen LogP) is 2.02. The van der Waals surface area contributed by atoms with Crippen LogP contribution in [0.15, 0.2) is 42.5 Å². The molecule has 4 rings (SSSR count). The molecule has 6 nitrogen and oxygen atoms in total. The summed E-state index contributed by atoms with van der Waals surface area (Å²) in [6.45, 7) is 0. The average Bonchev–Trinajstić information content (AvgIpc) is 3.35. The number of hydrogen-bond donors (Lipinski definition) is 1. The molecular formula is C18H16N4O2. The molecule has 6 heteroatoms. The highest BCUT2D eigenvalue weighted by molar-refractivity contribution is 5.93. The number of nitrogens with two attached hydrogens (primary N) is 1. The van der Waals surface area contributed by atoms with E-state index in [2.05, 4.69) is 10.1 Å². The average molecular weight is 320 g/mol. The van der Waals surface area contributed by atoms with E-state index in [-0.39, 0.29) is 18.1 Å². The molecule has 0 atom stereocenters. The first-order chi connectivity index (χ1) is 11.6. The molecule has 1 saturated carbocycles. The van der Waals surface area contributed by atoms with E-state index in [9.17, 15) is 9.59 Å². The van der Waals surface area contributed by atoms with Gasteiger partial charge in [-0.1, -0.05) is 18.2 Å². The zero-order valence-corrected chi connectivity index (χ0v) is 13.0. The lowest BCUT2D eigenvalue weighted by atomic mass is 10.1. The van der Waals surface area contributed by atoms with Crippen molar-refractivity contribution in [2.75, 3.05) is 0 Å². The molecular weight excluding hydrogens is 304 g/mol. The van der Waals surface area contributed by atoms with E-state index in [1.165, 1.54) is 0 Å². The van der Waals surface area contributed by atoms with Crippen LogP contribution in [0.3, 0.4) is 0 Å². The summed E-state index contributed by atoms with van der Waals surface area (Å²) in [6, 6.07) is 12.7. The van der Waals surface area contributed by atoms with E-state index < -0.39 is 5.91 Å². The summed E-state index contributed by atoms with van der Waals surface area (Å²) in [4.78, 5) is 27.6. The van der Waals surface area contributed by atoms with Gasteiger partial charge in [0.2, 0.25) is 5.91 Å². The zero-order valence-electron chi connectivity index (χ0n) is 13.0. The number of primary amides is 1. The Morgan fingerprint density at radius 2 is 1.88 bits per heavy atom. The van der Waals surface area contributed by atoms with Crippen LogP contribution in [0.5, 0.6) is 0 Å². The molecule has 2 heterocycles. The van der Waals surface area contributed by atoms with Crippen molar-refractivity contribution in [1.82, 2.24) is 14.6 Å². The van der Waals surface area contributed by atoms with Gasteiger partial charge in [-0.2, -0.15) is 5.10 Å². The second kappa shape index (κ2) is 5.56. The summed E-state index contributed by atoms with van der Waals surface area (Å²) in [5.74, 6) is 0.519. The third kappa shape index (κ3) is 2.67. The number of pyridine rings is 1. The fourth-order valence-electron chi connectivity index (χ4n) is 2.75. The molecule has 0 aliphatic heterocycles. The van der Waals surface area contributed by atoms with Gasteiger partial charge in [0, 0.05) is 17.0 Å². The van der Waals surface area contributed by atoms with Crippen LogP contribution in [0.2, 0.25) is 0 Å². The maximum atomic E-state index is 12.0. The Balaban J connectivity index is 1.70. The molecule has 24 heavy (non-hydrogen) atoms. The van der Waals surface area contributed by atoms with Crippen LogP contribution >= 0.6 is 0 Å². The van der Waals surface area contributed by atoms with E-state index in [1.807, 2.05) is 30.3 Å². The second-order valence-corrected chi connectivity index (χ2v) is 6.07. The third-order valence-electron chi connectivity index (χ3n) is 4.23. The largest absolute Gasteiger partial charge is 0.366 e. The summed E-state index contributed by atoms with van der Waals surface area (Å²) in [5.41, 5.74) is 8.18. The van der Waals surface area contributed by atoms with Crippen molar-refractivity contribution >= 4 is 17.3 Å². The Morgan fingerprint density at radius 1 is 1.12 bits per heavy atom. The van der Waals surface area contributed by atoms with Crippen LogP contribution in [0, 0.1) is 5.92 Å². The minimum atomic E-state index is -0.457. The molecule has 1 aliphatic carbocycles. The molecule has 0 unspecified atom stereocenters. The first kappa shape index (κ1) is 14.6. The molecule has 1 aromatic carbocycles. The summed E-state index contributed by atoms with van der Waals surface area (Å²) in [5, 5.41) is 4.49. The molecule has 0 spiro atoms. The lowest BCUT2D eigenvalue weighted by Crippen LogP contribution is -2.10. The van der Waals surface area contributed by atoms with Crippen LogP contribution in [-0.2, 0) is 11.2 Å². The Hall–Kier alpha value is -3.02. The molecule has 120 valence electrons. The molecule has 1 amide bonds. The molecule has 0 saturated heterocycles. The number of aromatic nitrogens is 3. The van der Waals surface area contributed by atoms with E-state index in [1.54, 1.807) is 16.6 Å². The number of Topliss-reactive ketones (excluding diaryl/α,β-unsaturated/α-hetero) is 1. The molecule has 3 aromatic rings. The number of ketones is 1. The predicted molar refractivity (Wildman–Crippen MR) is 88.4 cm³/mol. The number of rotatable bonds is 5. The fraction of sp³-hybridized carbons (Fsp3) is 0.222. The van der Waals surface area contributed by atoms with Crippen molar-refractivity contribution in [2.24, 2.45) is 11.7 Å². The maximum Gasteiger partial charge on any atom is 0.248 e. The van der Waals surface area contributed by atoms with Gasteiger partial charge >= 0.3 is 0 Å². The SMILES string of the molecule is NC(=O)c1ccc(-c2cccc3nc(CC(=O)C4CC4)nn23)cc1. The lowest BCUT2D eigenvalue weighted by Gasteiger charge is -2.04. The second-order valence-electron chi connectivity index (χ2n) is 6.07. The molecule has 1 fully saturated rings. The van der Waals surface area contributed by atoms with Crippen molar-refractivity contribution < 1.29 is 9.59 Å². The normalized spacial score (nSPS) is 14.0. The van der Waals surface area contributed by atoms with E-state index in [0.29, 0.717) is 17.0 Å². The topological polar surface area (TPSA) is 90.4 Å². The summed E-state index contributed by atoms with van der Waals surface area (Å²) in [6.07, 6.45) is 2.26. The van der Waals surface area contributed by atoms with E-state index in [4.69, 9.17) is 5.73 Å². The van der Waals surface area contributed by atoms with Crippen molar-refractivity contribution in [2.45, 2.75) is 19.3 Å². The Kier molecular flexibility index (Phi) is 3.37. The molecule has 1 aliphatic rings. The third-order valence-corrected chi connectivity index (χ3v) is 4.23. The van der Waals surface area contributed by atoms with E-state index >= 15 is 0 Å². The number of nitrogens with zero attached hydrogens (tertiary/aromatic N) is 3. The van der Waals surface area contributed by atoms with Crippen molar-refractivity contribution in [1.29, 1.82) is 0 Å². The smallest absolute Gasteiger partial charge is 0.248 e. The first-order valence-corrected chi connectivity index (χ1v) is 7.89. The Labute approximate surface area is 138 Å². The van der Waals surface area contributed by atoms with Crippen molar-refractivity contribution in [3.63, 3.8) is 0 Å². The van der Waals surface area contributed by atoms with Gasteiger partial charge in [-0.3, -0.25) is 9.59 Å². The van der Waals surface area contributed by atoms with Gasteiger partial charge in [0.1, 0.15) is 5.78 Å². The van der Waals surface area contributed by atoms with Gasteiger partial charge in [-0.05, 0) is 37.1 Å². The number of fused-ring (bicyclic) bond motifs is 1. The van der Waals surface area contributed by atoms with Crippen LogP contribution < -0.4 is 5.73 Å². The van der Waals surface area contributed by atoms with Crippen LogP contribution in [-0.4, -0.2) is 26.3 Å². The van der Waals surface area contributed by atoms with Gasteiger partial charge < -0.3 is 5.73 Å². The van der Waals surface area contributed by atoms with Gasteiger partial charge in [-0.25, -0.2) is 9.50 Å². The van der Waals surface area contributed by atoms with Crippen LogP contribution in [0.1, 0.15) is 29.0 Å². The van der Waals surface area contributed by atoms with Crippen molar-refractivity contribution in [3.05, 3.63) is 53.9 Å². The highest BCUT2D eigenvalue weighted by Gasteiger charge is 2.30. The van der Waals surface area contributed by atoms with Gasteiger partial charge in [0.05, 0.1) is 12.1 Å². The minimum Gasteiger partial charge on any atom is -0.366 e. The molecule has 2 aromatic heterocycles. The van der Waals surface area contributed by atoms with Gasteiger partial charge in [0.15, 0.2) is 11.5 Å². The zero-order chi connectivity index (χ0) is 16.7. The Bertz CT molecular complexity index is 939. The molecule has 2 N–H and O–H groups in total. The summed E-state index contributed by atoms with van der Waals surface area (Å²) < 4.78 is 1.73. The number of carbonyl (C=O) groups excluding carboxylic acids is 2. The van der Waals surface area contributed by atoms with Gasteiger partial charge in [0.25, 0.3) is 0 Å². The van der Waals surface area contributed by atoms with Gasteiger partial charge in [-0.15, -0.1) is 0 Å².